The van der Waals surface area contributed by atoms with Gasteiger partial charge in [-0.2, -0.15) is 4.31 Å². The molecule has 2 saturated heterocycles. The molecule has 2 aliphatic rings. The van der Waals surface area contributed by atoms with E-state index < -0.39 is 10.0 Å². The lowest BCUT2D eigenvalue weighted by Crippen LogP contribution is -2.49. The fourth-order valence-electron chi connectivity index (χ4n) is 4.95. The zero-order chi connectivity index (χ0) is 23.4. The Hall–Kier alpha value is -1.94. The number of aryl methyl sites for hydroxylation is 1. The molecule has 1 aromatic carbocycles. The molecule has 0 spiro atoms. The van der Waals surface area contributed by atoms with E-state index in [4.69, 9.17) is 0 Å². The largest absolute Gasteiger partial charge is 0.355 e. The Morgan fingerprint density at radius 3 is 2.52 bits per heavy atom. The number of sulfonamides is 1. The van der Waals surface area contributed by atoms with E-state index in [0.717, 1.165) is 63.1 Å². The van der Waals surface area contributed by atoms with Crippen LogP contribution in [-0.2, 0) is 21.4 Å². The highest BCUT2D eigenvalue weighted by atomic mass is 32.2. The van der Waals surface area contributed by atoms with E-state index in [1.54, 1.807) is 12.1 Å². The van der Waals surface area contributed by atoms with Gasteiger partial charge in [0.2, 0.25) is 15.9 Å². The van der Waals surface area contributed by atoms with Crippen LogP contribution in [0.5, 0.6) is 0 Å². The fraction of sp³-hybridized carbons (Fsp3) is 0.625. The van der Waals surface area contributed by atoms with Crippen LogP contribution in [0.4, 0.5) is 0 Å². The number of nitrogens with one attached hydrogen (secondary N) is 1. The Balaban J connectivity index is 1.33. The number of piperidine rings is 1. The summed E-state index contributed by atoms with van der Waals surface area (Å²) < 4.78 is 30.2. The summed E-state index contributed by atoms with van der Waals surface area (Å²) >= 11 is 0. The Kier molecular flexibility index (Phi) is 7.73. The topological polar surface area (TPSA) is 77.9 Å². The molecule has 0 aliphatic carbocycles. The normalized spacial score (nSPS) is 21.5. The predicted octanol–water partition coefficient (Wildman–Crippen LogP) is 1.82. The van der Waals surface area contributed by atoms with Gasteiger partial charge >= 0.3 is 0 Å². The number of hydrogen-bond acceptors (Lipinski definition) is 5. The van der Waals surface area contributed by atoms with Gasteiger partial charge in [-0.25, -0.2) is 8.42 Å². The molecule has 8 nitrogen and oxygen atoms in total. The van der Waals surface area contributed by atoms with Gasteiger partial charge in [0.1, 0.15) is 0 Å². The minimum Gasteiger partial charge on any atom is -0.355 e. The summed E-state index contributed by atoms with van der Waals surface area (Å²) in [6, 6.07) is 7.26. The molecule has 182 valence electrons. The summed E-state index contributed by atoms with van der Waals surface area (Å²) in [5.41, 5.74) is 1.03. The predicted molar refractivity (Wildman–Crippen MR) is 131 cm³/mol. The van der Waals surface area contributed by atoms with Crippen molar-refractivity contribution in [3.63, 3.8) is 0 Å². The minimum absolute atomic E-state index is 0.0300. The first-order chi connectivity index (χ1) is 15.9. The standard InChI is InChI=1S/C24H37N5O3S/c1-3-26-14-16-27(17-15-26)13-10-25-24(30)21-6-5-11-29(19-21)33(31,32)22-7-8-23-20(18-22)9-12-28(23)4-2/h7-9,12,18,21H,3-6,10-11,13-17,19H2,1-2H3,(H,25,30). The number of carbonyl (C=O) groups excluding carboxylic acids is 1. The van der Waals surface area contributed by atoms with E-state index in [0.29, 0.717) is 24.4 Å². The van der Waals surface area contributed by atoms with Crippen molar-refractivity contribution in [2.45, 2.75) is 38.1 Å². The second kappa shape index (κ2) is 10.5. The molecule has 0 radical (unpaired) electrons. The Bertz CT molecular complexity index is 1060. The van der Waals surface area contributed by atoms with Crippen molar-refractivity contribution in [2.24, 2.45) is 5.92 Å². The van der Waals surface area contributed by atoms with Crippen molar-refractivity contribution in [3.8, 4) is 0 Å². The first kappa shape index (κ1) is 24.2. The third-order valence-corrected chi connectivity index (χ3v) is 8.98. The molecule has 9 heteroatoms. The molecule has 1 N–H and O–H groups in total. The molecule has 4 rings (SSSR count). The molecule has 1 atom stereocenters. The Labute approximate surface area is 197 Å². The molecule has 3 heterocycles. The van der Waals surface area contributed by atoms with Crippen molar-refractivity contribution in [1.29, 1.82) is 0 Å². The van der Waals surface area contributed by atoms with E-state index in [9.17, 15) is 13.2 Å². The smallest absolute Gasteiger partial charge is 0.243 e. The van der Waals surface area contributed by atoms with Crippen LogP contribution in [0.3, 0.4) is 0 Å². The molecule has 2 aliphatic heterocycles. The van der Waals surface area contributed by atoms with Crippen molar-refractivity contribution < 1.29 is 13.2 Å². The number of benzene rings is 1. The van der Waals surface area contributed by atoms with Crippen LogP contribution in [-0.4, -0.2) is 91.9 Å². The van der Waals surface area contributed by atoms with Crippen LogP contribution in [0.1, 0.15) is 26.7 Å². The van der Waals surface area contributed by atoms with Gasteiger partial charge < -0.3 is 14.8 Å². The molecular formula is C24H37N5O3S. The number of piperazine rings is 1. The molecule has 1 unspecified atom stereocenters. The van der Waals surface area contributed by atoms with Gasteiger partial charge in [0.05, 0.1) is 10.8 Å². The third-order valence-electron chi connectivity index (χ3n) is 7.12. The van der Waals surface area contributed by atoms with Crippen LogP contribution in [0.15, 0.2) is 35.4 Å². The van der Waals surface area contributed by atoms with Crippen LogP contribution in [0.25, 0.3) is 10.9 Å². The van der Waals surface area contributed by atoms with E-state index >= 15 is 0 Å². The Morgan fingerprint density at radius 1 is 1.03 bits per heavy atom. The van der Waals surface area contributed by atoms with E-state index in [1.165, 1.54) is 4.31 Å². The molecule has 0 bridgehead atoms. The van der Waals surface area contributed by atoms with Gasteiger partial charge in [-0.3, -0.25) is 9.69 Å². The summed E-state index contributed by atoms with van der Waals surface area (Å²) in [7, 11) is -3.63. The average Bonchev–Trinajstić information content (AvgIpc) is 3.27. The van der Waals surface area contributed by atoms with Crippen molar-refractivity contribution in [2.75, 3.05) is 58.9 Å². The zero-order valence-electron chi connectivity index (χ0n) is 19.9. The lowest BCUT2D eigenvalue weighted by Gasteiger charge is -2.34. The van der Waals surface area contributed by atoms with Gasteiger partial charge in [0.15, 0.2) is 0 Å². The number of fused-ring (bicyclic) bond motifs is 1. The van der Waals surface area contributed by atoms with Crippen molar-refractivity contribution in [1.82, 2.24) is 24.0 Å². The molecule has 1 aromatic heterocycles. The van der Waals surface area contributed by atoms with Crippen molar-refractivity contribution in [3.05, 3.63) is 30.5 Å². The van der Waals surface area contributed by atoms with Crippen molar-refractivity contribution >= 4 is 26.8 Å². The first-order valence-electron chi connectivity index (χ1n) is 12.2. The maximum atomic E-state index is 13.3. The molecule has 33 heavy (non-hydrogen) atoms. The number of carbonyl (C=O) groups is 1. The number of amides is 1. The lowest BCUT2D eigenvalue weighted by molar-refractivity contribution is -0.126. The maximum Gasteiger partial charge on any atom is 0.243 e. The summed E-state index contributed by atoms with van der Waals surface area (Å²) in [6.45, 7) is 12.6. The molecule has 2 aromatic rings. The van der Waals surface area contributed by atoms with E-state index in [2.05, 4.69) is 33.5 Å². The number of likely N-dealkylation sites (N-methyl/N-ethyl adjacent to an activating group) is 1. The summed E-state index contributed by atoms with van der Waals surface area (Å²) in [5, 5.41) is 3.97. The first-order valence-corrected chi connectivity index (χ1v) is 13.7. The maximum absolute atomic E-state index is 13.3. The second-order valence-corrected chi connectivity index (χ2v) is 11.0. The summed E-state index contributed by atoms with van der Waals surface area (Å²) in [6.07, 6.45) is 3.40. The number of rotatable bonds is 8. The third kappa shape index (κ3) is 5.42. The number of hydrogen-bond donors (Lipinski definition) is 1. The van der Waals surface area contributed by atoms with Crippen LogP contribution in [0.2, 0.25) is 0 Å². The van der Waals surface area contributed by atoms with Gasteiger partial charge in [0.25, 0.3) is 0 Å². The highest BCUT2D eigenvalue weighted by molar-refractivity contribution is 7.89. The molecule has 1 amide bonds. The average molecular weight is 476 g/mol. The van der Waals surface area contributed by atoms with E-state index in [1.807, 2.05) is 18.3 Å². The van der Waals surface area contributed by atoms with Gasteiger partial charge in [-0.1, -0.05) is 6.92 Å². The van der Waals surface area contributed by atoms with Crippen LogP contribution < -0.4 is 5.32 Å². The zero-order valence-corrected chi connectivity index (χ0v) is 20.7. The molecule has 0 saturated carbocycles. The fourth-order valence-corrected chi connectivity index (χ4v) is 6.51. The quantitative estimate of drug-likeness (QED) is 0.630. The highest BCUT2D eigenvalue weighted by Crippen LogP contribution is 2.27. The number of aromatic nitrogens is 1. The summed E-state index contributed by atoms with van der Waals surface area (Å²) in [4.78, 5) is 17.9. The van der Waals surface area contributed by atoms with Gasteiger partial charge in [-0.15, -0.1) is 0 Å². The van der Waals surface area contributed by atoms with Crippen LogP contribution in [0, 0.1) is 5.92 Å². The van der Waals surface area contributed by atoms with E-state index in [-0.39, 0.29) is 18.4 Å². The van der Waals surface area contributed by atoms with Crippen LogP contribution >= 0.6 is 0 Å². The minimum atomic E-state index is -3.63. The summed E-state index contributed by atoms with van der Waals surface area (Å²) in [5.74, 6) is -0.326. The number of nitrogens with zero attached hydrogens (tertiary/aromatic N) is 4. The lowest BCUT2D eigenvalue weighted by atomic mass is 9.99. The highest BCUT2D eigenvalue weighted by Gasteiger charge is 2.33. The SMILES string of the molecule is CCN1CCN(CCNC(=O)C2CCCN(S(=O)(=O)c3ccc4c(ccn4CC)c3)C2)CC1. The molecule has 2 fully saturated rings. The second-order valence-electron chi connectivity index (χ2n) is 9.09. The monoisotopic (exact) mass is 475 g/mol. The Morgan fingerprint density at radius 2 is 1.79 bits per heavy atom. The van der Waals surface area contributed by atoms with Gasteiger partial charge in [-0.05, 0) is 50.6 Å². The molecular weight excluding hydrogens is 438 g/mol. The van der Waals surface area contributed by atoms with Gasteiger partial charge in [0, 0.05) is 76.0 Å².